The number of piperazine rings is 1. The minimum atomic E-state index is 0.422. The van der Waals surface area contributed by atoms with Crippen LogP contribution in [0.15, 0.2) is 42.7 Å². The normalized spacial score (nSPS) is 19.9. The molecule has 1 aromatic heterocycles. The lowest BCUT2D eigenvalue weighted by Crippen LogP contribution is -2.45. The van der Waals surface area contributed by atoms with Gasteiger partial charge in [0.1, 0.15) is 5.82 Å². The minimum Gasteiger partial charge on any atom is -0.314 e. The van der Waals surface area contributed by atoms with Gasteiger partial charge in [-0.2, -0.15) is 0 Å². The number of benzene rings is 1. The number of nitrogens with zero attached hydrogens (tertiary/aromatic N) is 3. The molecule has 1 atom stereocenters. The van der Waals surface area contributed by atoms with Crippen molar-refractivity contribution in [3.8, 4) is 0 Å². The van der Waals surface area contributed by atoms with Crippen LogP contribution in [0.5, 0.6) is 0 Å². The molecule has 0 radical (unpaired) electrons. The predicted octanol–water partition coefficient (Wildman–Crippen LogP) is 1.93. The van der Waals surface area contributed by atoms with Crippen LogP contribution in [0.2, 0.25) is 0 Å². The third-order valence-corrected chi connectivity index (χ3v) is 3.76. The summed E-state index contributed by atoms with van der Waals surface area (Å²) < 4.78 is 0. The van der Waals surface area contributed by atoms with Crippen LogP contribution in [-0.2, 0) is 6.54 Å². The zero-order valence-corrected chi connectivity index (χ0v) is 11.8. The number of hydrogen-bond acceptors (Lipinski definition) is 4. The van der Waals surface area contributed by atoms with Gasteiger partial charge in [0.15, 0.2) is 0 Å². The Hall–Kier alpha value is -1.78. The Balaban J connectivity index is 1.77. The van der Waals surface area contributed by atoms with Crippen LogP contribution in [0.3, 0.4) is 0 Å². The molecule has 2 aromatic rings. The molecule has 0 spiro atoms. The van der Waals surface area contributed by atoms with E-state index >= 15 is 0 Å². The number of hydrogen-bond donors (Lipinski definition) is 1. The summed E-state index contributed by atoms with van der Waals surface area (Å²) in [6.45, 7) is 5.91. The van der Waals surface area contributed by atoms with Gasteiger partial charge in [-0.3, -0.25) is 4.90 Å². The lowest BCUT2D eigenvalue weighted by atomic mass is 10.0. The average Bonchev–Trinajstić information content (AvgIpc) is 2.51. The van der Waals surface area contributed by atoms with Crippen LogP contribution >= 0.6 is 0 Å². The molecule has 20 heavy (non-hydrogen) atoms. The Labute approximate surface area is 119 Å². The molecule has 0 amide bonds. The van der Waals surface area contributed by atoms with Crippen molar-refractivity contribution < 1.29 is 0 Å². The fraction of sp³-hybridized carbons (Fsp3) is 0.375. The summed E-state index contributed by atoms with van der Waals surface area (Å²) in [5, 5.41) is 3.49. The molecular formula is C16H20N4. The molecule has 1 aromatic carbocycles. The van der Waals surface area contributed by atoms with Gasteiger partial charge >= 0.3 is 0 Å². The first-order valence-electron chi connectivity index (χ1n) is 7.10. The maximum Gasteiger partial charge on any atom is 0.125 e. The first-order valence-corrected chi connectivity index (χ1v) is 7.10. The zero-order chi connectivity index (χ0) is 13.8. The van der Waals surface area contributed by atoms with Crippen molar-refractivity contribution in [3.63, 3.8) is 0 Å². The molecule has 0 bridgehead atoms. The van der Waals surface area contributed by atoms with Crippen LogP contribution in [0.4, 0.5) is 0 Å². The Morgan fingerprint density at radius 3 is 2.70 bits per heavy atom. The Morgan fingerprint density at radius 1 is 1.20 bits per heavy atom. The minimum absolute atomic E-state index is 0.422. The van der Waals surface area contributed by atoms with Crippen LogP contribution < -0.4 is 5.32 Å². The Kier molecular flexibility index (Phi) is 4.04. The summed E-state index contributed by atoms with van der Waals surface area (Å²) >= 11 is 0. The largest absolute Gasteiger partial charge is 0.314 e. The highest BCUT2D eigenvalue weighted by Gasteiger charge is 2.23. The number of nitrogens with one attached hydrogen (secondary N) is 1. The number of aromatic nitrogens is 2. The van der Waals surface area contributed by atoms with E-state index < -0.39 is 0 Å². The van der Waals surface area contributed by atoms with E-state index in [0.29, 0.717) is 6.04 Å². The second kappa shape index (κ2) is 6.11. The molecule has 2 heterocycles. The molecule has 0 saturated carbocycles. The highest BCUT2D eigenvalue weighted by molar-refractivity contribution is 5.20. The molecule has 1 aliphatic rings. The molecule has 1 unspecified atom stereocenters. The van der Waals surface area contributed by atoms with Crippen molar-refractivity contribution in [2.45, 2.75) is 19.5 Å². The van der Waals surface area contributed by atoms with Gasteiger partial charge in [-0.15, -0.1) is 0 Å². The highest BCUT2D eigenvalue weighted by atomic mass is 15.2. The quantitative estimate of drug-likeness (QED) is 0.923. The predicted molar refractivity (Wildman–Crippen MR) is 79.2 cm³/mol. The smallest absolute Gasteiger partial charge is 0.125 e. The van der Waals surface area contributed by atoms with Gasteiger partial charge in [-0.1, -0.05) is 30.3 Å². The molecule has 104 valence electrons. The average molecular weight is 268 g/mol. The van der Waals surface area contributed by atoms with Gasteiger partial charge in [-0.25, -0.2) is 9.97 Å². The van der Waals surface area contributed by atoms with Gasteiger partial charge in [0.25, 0.3) is 0 Å². The zero-order valence-electron chi connectivity index (χ0n) is 11.8. The van der Waals surface area contributed by atoms with Crippen LogP contribution in [0.1, 0.15) is 23.0 Å². The third-order valence-electron chi connectivity index (χ3n) is 3.76. The fourth-order valence-electron chi connectivity index (χ4n) is 2.67. The van der Waals surface area contributed by atoms with Crippen molar-refractivity contribution in [2.75, 3.05) is 19.6 Å². The molecule has 0 aliphatic carbocycles. The maximum absolute atomic E-state index is 4.29. The maximum atomic E-state index is 4.29. The summed E-state index contributed by atoms with van der Waals surface area (Å²) in [5.41, 5.74) is 2.55. The molecule has 3 rings (SSSR count). The van der Waals surface area contributed by atoms with E-state index in [2.05, 4.69) is 50.5 Å². The molecular weight excluding hydrogens is 248 g/mol. The summed E-state index contributed by atoms with van der Waals surface area (Å²) in [6, 6.07) is 11.1. The summed E-state index contributed by atoms with van der Waals surface area (Å²) in [5.74, 6) is 0.827. The van der Waals surface area contributed by atoms with Gasteiger partial charge in [0.05, 0.1) is 0 Å². The lowest BCUT2D eigenvalue weighted by molar-refractivity contribution is 0.153. The fourth-order valence-corrected chi connectivity index (χ4v) is 2.67. The summed E-state index contributed by atoms with van der Waals surface area (Å²) in [6.07, 6.45) is 3.87. The molecule has 1 saturated heterocycles. The Morgan fingerprint density at radius 2 is 1.95 bits per heavy atom. The van der Waals surface area contributed by atoms with Crippen LogP contribution in [0, 0.1) is 6.92 Å². The first kappa shape index (κ1) is 13.2. The highest BCUT2D eigenvalue weighted by Crippen LogP contribution is 2.23. The van der Waals surface area contributed by atoms with E-state index in [9.17, 15) is 0 Å². The molecule has 1 N–H and O–H groups in total. The molecule has 1 fully saturated rings. The van der Waals surface area contributed by atoms with Crippen molar-refractivity contribution in [3.05, 3.63) is 59.7 Å². The Bertz CT molecular complexity index is 538. The molecule has 4 heteroatoms. The van der Waals surface area contributed by atoms with E-state index in [4.69, 9.17) is 0 Å². The van der Waals surface area contributed by atoms with Crippen LogP contribution in [0.25, 0.3) is 0 Å². The summed E-state index contributed by atoms with van der Waals surface area (Å²) in [4.78, 5) is 11.1. The number of rotatable bonds is 3. The van der Waals surface area contributed by atoms with Gasteiger partial charge in [0, 0.05) is 50.2 Å². The second-order valence-electron chi connectivity index (χ2n) is 5.24. The molecule has 1 aliphatic heterocycles. The van der Waals surface area contributed by atoms with Crippen LogP contribution in [-0.4, -0.2) is 34.5 Å². The monoisotopic (exact) mass is 268 g/mol. The van der Waals surface area contributed by atoms with Crippen molar-refractivity contribution in [1.82, 2.24) is 20.2 Å². The van der Waals surface area contributed by atoms with Gasteiger partial charge in [0.2, 0.25) is 0 Å². The second-order valence-corrected chi connectivity index (χ2v) is 5.24. The summed E-state index contributed by atoms with van der Waals surface area (Å²) in [7, 11) is 0. The van der Waals surface area contributed by atoms with Gasteiger partial charge in [-0.05, 0) is 12.5 Å². The van der Waals surface area contributed by atoms with E-state index in [1.807, 2.05) is 19.3 Å². The van der Waals surface area contributed by atoms with Crippen molar-refractivity contribution >= 4 is 0 Å². The van der Waals surface area contributed by atoms with E-state index in [1.54, 1.807) is 0 Å². The van der Waals surface area contributed by atoms with Crippen molar-refractivity contribution in [1.29, 1.82) is 0 Å². The SMILES string of the molecule is Cc1ncc(CN2CCNCC2c2ccccc2)cn1. The third kappa shape index (κ3) is 3.03. The van der Waals surface area contributed by atoms with E-state index in [1.165, 1.54) is 11.1 Å². The van der Waals surface area contributed by atoms with Gasteiger partial charge < -0.3 is 5.32 Å². The van der Waals surface area contributed by atoms with E-state index in [-0.39, 0.29) is 0 Å². The first-order chi connectivity index (χ1) is 9.83. The van der Waals surface area contributed by atoms with E-state index in [0.717, 1.165) is 32.0 Å². The molecule has 4 nitrogen and oxygen atoms in total. The van der Waals surface area contributed by atoms with Crippen molar-refractivity contribution in [2.24, 2.45) is 0 Å². The topological polar surface area (TPSA) is 41.1 Å². The number of aryl methyl sites for hydroxylation is 1. The standard InChI is InChI=1S/C16H20N4/c1-13-18-9-14(10-19-13)12-20-8-7-17-11-16(20)15-5-3-2-4-6-15/h2-6,9-10,16-17H,7-8,11-12H2,1H3. The lowest BCUT2D eigenvalue weighted by Gasteiger charge is -2.36.